The molecular formula is C20H32IN3O2. The Morgan fingerprint density at radius 1 is 1.19 bits per heavy atom. The summed E-state index contributed by atoms with van der Waals surface area (Å²) in [5.41, 5.74) is 2.64. The molecule has 2 atom stereocenters. The minimum absolute atomic E-state index is 0. The third kappa shape index (κ3) is 6.09. The van der Waals surface area contributed by atoms with E-state index in [4.69, 9.17) is 14.5 Å². The number of nitrogens with zero attached hydrogens (tertiary/aromatic N) is 2. The van der Waals surface area contributed by atoms with E-state index < -0.39 is 0 Å². The Balaban J connectivity index is 0.00000243. The number of hydrogen-bond donors (Lipinski definition) is 1. The molecule has 2 aliphatic heterocycles. The molecule has 0 aromatic heterocycles. The van der Waals surface area contributed by atoms with E-state index in [0.29, 0.717) is 0 Å². The van der Waals surface area contributed by atoms with Gasteiger partial charge in [0.25, 0.3) is 0 Å². The van der Waals surface area contributed by atoms with Gasteiger partial charge in [-0.1, -0.05) is 29.8 Å². The van der Waals surface area contributed by atoms with Crippen LogP contribution in [0, 0.1) is 6.92 Å². The lowest BCUT2D eigenvalue weighted by atomic mass is 10.1. The molecule has 5 nitrogen and oxygen atoms in total. The number of aliphatic imine (C=N–C) groups is 1. The van der Waals surface area contributed by atoms with E-state index in [2.05, 4.69) is 48.3 Å². The van der Waals surface area contributed by atoms with Gasteiger partial charge in [0.15, 0.2) is 5.96 Å². The zero-order valence-corrected chi connectivity index (χ0v) is 18.3. The number of nitrogens with one attached hydrogen (secondary N) is 1. The first kappa shape index (κ1) is 21.4. The van der Waals surface area contributed by atoms with Crippen molar-refractivity contribution in [3.8, 4) is 0 Å². The van der Waals surface area contributed by atoms with Gasteiger partial charge in [-0.3, -0.25) is 4.99 Å². The van der Waals surface area contributed by atoms with Crippen LogP contribution in [0.2, 0.25) is 0 Å². The lowest BCUT2D eigenvalue weighted by molar-refractivity contribution is -0.0817. The first-order chi connectivity index (χ1) is 12.3. The molecule has 0 bridgehead atoms. The SMILES string of the molecule is CCNC(=NCCc1ccc(C)cc1)N1CCOC(C2CCCO2)C1.I. The van der Waals surface area contributed by atoms with Crippen LogP contribution in [0.3, 0.4) is 0 Å². The summed E-state index contributed by atoms with van der Waals surface area (Å²) in [5.74, 6) is 1.00. The molecular weight excluding hydrogens is 441 g/mol. The smallest absolute Gasteiger partial charge is 0.194 e. The summed E-state index contributed by atoms with van der Waals surface area (Å²) < 4.78 is 11.8. The van der Waals surface area contributed by atoms with Crippen molar-refractivity contribution in [1.82, 2.24) is 10.2 Å². The number of ether oxygens (including phenoxy) is 2. The van der Waals surface area contributed by atoms with Crippen molar-refractivity contribution in [2.75, 3.05) is 39.4 Å². The molecule has 6 heteroatoms. The van der Waals surface area contributed by atoms with Gasteiger partial charge in [-0.15, -0.1) is 24.0 Å². The molecule has 1 aromatic rings. The Labute approximate surface area is 174 Å². The average Bonchev–Trinajstić information content (AvgIpc) is 3.17. The first-order valence-corrected chi connectivity index (χ1v) is 9.58. The summed E-state index contributed by atoms with van der Waals surface area (Å²) >= 11 is 0. The molecule has 0 spiro atoms. The van der Waals surface area contributed by atoms with Crippen LogP contribution >= 0.6 is 24.0 Å². The minimum Gasteiger partial charge on any atom is -0.375 e. The molecule has 0 saturated carbocycles. The molecule has 0 amide bonds. The maximum absolute atomic E-state index is 5.96. The normalized spacial score (nSPS) is 23.6. The Morgan fingerprint density at radius 2 is 1.96 bits per heavy atom. The quantitative estimate of drug-likeness (QED) is 0.406. The summed E-state index contributed by atoms with van der Waals surface area (Å²) in [6, 6.07) is 8.72. The molecule has 1 aromatic carbocycles. The Kier molecular flexibility index (Phi) is 9.15. The summed E-state index contributed by atoms with van der Waals surface area (Å²) in [6.07, 6.45) is 3.64. The summed E-state index contributed by atoms with van der Waals surface area (Å²) in [6.45, 7) is 9.28. The monoisotopic (exact) mass is 473 g/mol. The second-order valence-corrected chi connectivity index (χ2v) is 6.88. The average molecular weight is 473 g/mol. The van der Waals surface area contributed by atoms with Gasteiger partial charge in [0.05, 0.1) is 12.7 Å². The van der Waals surface area contributed by atoms with Gasteiger partial charge in [0.1, 0.15) is 6.10 Å². The number of halogens is 1. The maximum Gasteiger partial charge on any atom is 0.194 e. The fourth-order valence-electron chi connectivity index (χ4n) is 3.46. The molecule has 1 N–H and O–H groups in total. The summed E-state index contributed by atoms with van der Waals surface area (Å²) in [5, 5.41) is 3.44. The second kappa shape index (κ2) is 11.1. The standard InChI is InChI=1S/C20H31N3O2.HI/c1-3-21-20(22-11-10-17-8-6-16(2)7-9-17)23-12-14-25-19(15-23)18-5-4-13-24-18;/h6-9,18-19H,3-5,10-15H2,1-2H3,(H,21,22);1H. The fourth-order valence-corrected chi connectivity index (χ4v) is 3.46. The van der Waals surface area contributed by atoms with E-state index in [9.17, 15) is 0 Å². The molecule has 146 valence electrons. The first-order valence-electron chi connectivity index (χ1n) is 9.58. The van der Waals surface area contributed by atoms with E-state index in [1.54, 1.807) is 0 Å². The highest BCUT2D eigenvalue weighted by Crippen LogP contribution is 2.21. The van der Waals surface area contributed by atoms with Gasteiger partial charge < -0.3 is 19.7 Å². The Hall–Kier alpha value is -0.860. The van der Waals surface area contributed by atoms with E-state index in [1.807, 2.05) is 0 Å². The van der Waals surface area contributed by atoms with Crippen molar-refractivity contribution in [2.45, 2.75) is 45.3 Å². The van der Waals surface area contributed by atoms with Crippen LogP contribution < -0.4 is 5.32 Å². The predicted molar refractivity (Wildman–Crippen MR) is 117 cm³/mol. The van der Waals surface area contributed by atoms with Crippen molar-refractivity contribution in [2.24, 2.45) is 4.99 Å². The highest BCUT2D eigenvalue weighted by Gasteiger charge is 2.32. The molecule has 26 heavy (non-hydrogen) atoms. The highest BCUT2D eigenvalue weighted by atomic mass is 127. The van der Waals surface area contributed by atoms with Crippen molar-refractivity contribution in [3.63, 3.8) is 0 Å². The highest BCUT2D eigenvalue weighted by molar-refractivity contribution is 14.0. The minimum atomic E-state index is 0. The van der Waals surface area contributed by atoms with Crippen LogP contribution in [0.25, 0.3) is 0 Å². The van der Waals surface area contributed by atoms with E-state index in [0.717, 1.165) is 64.6 Å². The summed E-state index contributed by atoms with van der Waals surface area (Å²) in [7, 11) is 0. The Morgan fingerprint density at radius 3 is 2.65 bits per heavy atom. The van der Waals surface area contributed by atoms with Gasteiger partial charge in [0, 0.05) is 32.8 Å². The van der Waals surface area contributed by atoms with Gasteiger partial charge in [-0.05, 0) is 38.7 Å². The number of hydrogen-bond acceptors (Lipinski definition) is 3. The molecule has 0 aliphatic carbocycles. The van der Waals surface area contributed by atoms with Crippen LogP contribution in [0.15, 0.2) is 29.3 Å². The third-order valence-electron chi connectivity index (χ3n) is 4.89. The molecule has 2 fully saturated rings. The van der Waals surface area contributed by atoms with Crippen molar-refractivity contribution < 1.29 is 9.47 Å². The lowest BCUT2D eigenvalue weighted by Crippen LogP contribution is -2.53. The fraction of sp³-hybridized carbons (Fsp3) is 0.650. The van der Waals surface area contributed by atoms with Crippen molar-refractivity contribution in [3.05, 3.63) is 35.4 Å². The zero-order valence-electron chi connectivity index (χ0n) is 15.9. The number of guanidine groups is 1. The number of aryl methyl sites for hydroxylation is 1. The number of benzene rings is 1. The molecule has 2 heterocycles. The van der Waals surface area contributed by atoms with E-state index >= 15 is 0 Å². The summed E-state index contributed by atoms with van der Waals surface area (Å²) in [4.78, 5) is 7.18. The van der Waals surface area contributed by atoms with Crippen LogP contribution in [0.1, 0.15) is 30.9 Å². The number of rotatable bonds is 5. The second-order valence-electron chi connectivity index (χ2n) is 6.88. The number of morpholine rings is 1. The Bertz CT molecular complexity index is 559. The molecule has 0 radical (unpaired) electrons. The van der Waals surface area contributed by atoms with Gasteiger partial charge in [-0.25, -0.2) is 0 Å². The largest absolute Gasteiger partial charge is 0.375 e. The van der Waals surface area contributed by atoms with E-state index in [1.165, 1.54) is 11.1 Å². The van der Waals surface area contributed by atoms with Crippen LogP contribution in [-0.4, -0.2) is 62.5 Å². The van der Waals surface area contributed by atoms with Gasteiger partial charge in [0.2, 0.25) is 0 Å². The van der Waals surface area contributed by atoms with Gasteiger partial charge >= 0.3 is 0 Å². The van der Waals surface area contributed by atoms with Crippen LogP contribution in [0.5, 0.6) is 0 Å². The van der Waals surface area contributed by atoms with Gasteiger partial charge in [-0.2, -0.15) is 0 Å². The molecule has 2 aliphatic rings. The third-order valence-corrected chi connectivity index (χ3v) is 4.89. The van der Waals surface area contributed by atoms with Crippen molar-refractivity contribution in [1.29, 1.82) is 0 Å². The maximum atomic E-state index is 5.96. The zero-order chi connectivity index (χ0) is 17.5. The lowest BCUT2D eigenvalue weighted by Gasteiger charge is -2.37. The van der Waals surface area contributed by atoms with Crippen LogP contribution in [0.4, 0.5) is 0 Å². The predicted octanol–water partition coefficient (Wildman–Crippen LogP) is 3.00. The molecule has 2 saturated heterocycles. The topological polar surface area (TPSA) is 46.1 Å². The van der Waals surface area contributed by atoms with Crippen molar-refractivity contribution >= 4 is 29.9 Å². The van der Waals surface area contributed by atoms with Crippen LogP contribution in [-0.2, 0) is 15.9 Å². The molecule has 2 unspecified atom stereocenters. The molecule has 3 rings (SSSR count). The van der Waals surface area contributed by atoms with E-state index in [-0.39, 0.29) is 36.2 Å².